The molecule has 0 N–H and O–H groups in total. The molecule has 0 heterocycles. The number of hydrogen-bond acceptors (Lipinski definition) is 4. The van der Waals surface area contributed by atoms with Crippen molar-refractivity contribution in [1.82, 2.24) is 0 Å². The van der Waals surface area contributed by atoms with E-state index in [2.05, 4.69) is 0 Å². The average molecular weight is 241 g/mol. The number of nitrogens with zero attached hydrogens (tertiary/aromatic N) is 1. The first-order valence-electron chi connectivity index (χ1n) is 5.05. The van der Waals surface area contributed by atoms with Crippen LogP contribution in [0.2, 0.25) is 0 Å². The topological polar surface area (TPSA) is 69.4 Å². The summed E-state index contributed by atoms with van der Waals surface area (Å²) in [6.07, 6.45) is -0.0964. The molecule has 0 atom stereocenters. The summed E-state index contributed by atoms with van der Waals surface area (Å²) in [6, 6.07) is 2.34. The van der Waals surface area contributed by atoms with Crippen LogP contribution in [-0.2, 0) is 16.0 Å². The molecule has 6 heteroatoms. The molecule has 1 aromatic rings. The summed E-state index contributed by atoms with van der Waals surface area (Å²) >= 11 is 0. The second kappa shape index (κ2) is 5.38. The normalized spacial score (nSPS) is 10.1. The van der Waals surface area contributed by atoms with Crippen molar-refractivity contribution in [3.05, 3.63) is 39.2 Å². The molecule has 0 saturated carbocycles. The highest BCUT2D eigenvalue weighted by Crippen LogP contribution is 2.25. The summed E-state index contributed by atoms with van der Waals surface area (Å²) in [5.41, 5.74) is -0.0357. The third-order valence-electron chi connectivity index (χ3n) is 2.32. The fourth-order valence-electron chi connectivity index (χ4n) is 1.49. The standard InChI is InChI=1S/C11H12FNO4/c1-3-17-10(14)6-8-4-5-9(12)11(7(8)2)13(15)16/h4-5H,3,6H2,1-2H3. The molecule has 17 heavy (non-hydrogen) atoms. The predicted molar refractivity (Wildman–Crippen MR) is 58.1 cm³/mol. The maximum atomic E-state index is 13.2. The van der Waals surface area contributed by atoms with Crippen LogP contribution < -0.4 is 0 Å². The van der Waals surface area contributed by atoms with Gasteiger partial charge in [0, 0.05) is 5.56 Å². The van der Waals surface area contributed by atoms with Crippen LogP contribution in [0, 0.1) is 22.9 Å². The average Bonchev–Trinajstić information content (AvgIpc) is 2.22. The van der Waals surface area contributed by atoms with E-state index in [0.717, 1.165) is 6.07 Å². The number of hydrogen-bond donors (Lipinski definition) is 0. The lowest BCUT2D eigenvalue weighted by Gasteiger charge is -2.06. The maximum absolute atomic E-state index is 13.2. The second-order valence-electron chi connectivity index (χ2n) is 3.42. The van der Waals surface area contributed by atoms with Gasteiger partial charge in [0.1, 0.15) is 0 Å². The number of carbonyl (C=O) groups is 1. The van der Waals surface area contributed by atoms with Gasteiger partial charge in [0.15, 0.2) is 0 Å². The van der Waals surface area contributed by atoms with Gasteiger partial charge in [-0.1, -0.05) is 6.07 Å². The fourth-order valence-corrected chi connectivity index (χ4v) is 1.49. The van der Waals surface area contributed by atoms with Crippen LogP contribution in [0.3, 0.4) is 0 Å². The van der Waals surface area contributed by atoms with E-state index in [1.54, 1.807) is 6.92 Å². The Morgan fingerprint density at radius 3 is 2.71 bits per heavy atom. The zero-order chi connectivity index (χ0) is 13.0. The largest absolute Gasteiger partial charge is 0.466 e. The molecule has 0 unspecified atom stereocenters. The van der Waals surface area contributed by atoms with Crippen LogP contribution in [0.4, 0.5) is 10.1 Å². The van der Waals surface area contributed by atoms with Gasteiger partial charge < -0.3 is 4.74 Å². The Morgan fingerprint density at radius 1 is 1.53 bits per heavy atom. The van der Waals surface area contributed by atoms with Gasteiger partial charge in [0.05, 0.1) is 18.0 Å². The van der Waals surface area contributed by atoms with Crippen LogP contribution >= 0.6 is 0 Å². The van der Waals surface area contributed by atoms with Crippen molar-refractivity contribution in [2.24, 2.45) is 0 Å². The summed E-state index contributed by atoms with van der Waals surface area (Å²) in [4.78, 5) is 21.1. The van der Waals surface area contributed by atoms with Crippen LogP contribution in [-0.4, -0.2) is 17.5 Å². The first kappa shape index (κ1) is 13.1. The Labute approximate surface area is 97.3 Å². The number of carbonyl (C=O) groups excluding carboxylic acids is 1. The predicted octanol–water partition coefficient (Wildman–Crippen LogP) is 2.15. The molecule has 92 valence electrons. The molecule has 1 rings (SSSR count). The van der Waals surface area contributed by atoms with E-state index >= 15 is 0 Å². The number of halogens is 1. The molecule has 0 bridgehead atoms. The molecule has 0 aliphatic rings. The van der Waals surface area contributed by atoms with Crippen LogP contribution in [0.1, 0.15) is 18.1 Å². The Morgan fingerprint density at radius 2 is 2.18 bits per heavy atom. The van der Waals surface area contributed by atoms with Gasteiger partial charge >= 0.3 is 11.7 Å². The molecule has 0 amide bonds. The quantitative estimate of drug-likeness (QED) is 0.460. The van der Waals surface area contributed by atoms with E-state index in [0.29, 0.717) is 5.56 Å². The first-order chi connectivity index (χ1) is 7.97. The van der Waals surface area contributed by atoms with Gasteiger partial charge in [0.25, 0.3) is 0 Å². The SMILES string of the molecule is CCOC(=O)Cc1ccc(F)c([N+](=O)[O-])c1C. The van der Waals surface area contributed by atoms with Gasteiger partial charge in [-0.3, -0.25) is 14.9 Å². The Balaban J connectivity index is 3.07. The number of ether oxygens (including phenoxy) is 1. The van der Waals surface area contributed by atoms with E-state index in [1.807, 2.05) is 0 Å². The smallest absolute Gasteiger partial charge is 0.310 e. The van der Waals surface area contributed by atoms with Crippen molar-refractivity contribution in [1.29, 1.82) is 0 Å². The molecule has 0 spiro atoms. The summed E-state index contributed by atoms with van der Waals surface area (Å²) in [6.45, 7) is 3.31. The molecular formula is C11H12FNO4. The molecule has 0 aliphatic heterocycles. The second-order valence-corrected chi connectivity index (χ2v) is 3.42. The number of esters is 1. The third-order valence-corrected chi connectivity index (χ3v) is 2.32. The lowest BCUT2D eigenvalue weighted by molar-refractivity contribution is -0.388. The molecule has 0 saturated heterocycles. The summed E-state index contributed by atoms with van der Waals surface area (Å²) in [5.74, 6) is -1.39. The first-order valence-corrected chi connectivity index (χ1v) is 5.05. The highest BCUT2D eigenvalue weighted by atomic mass is 19.1. The molecule has 5 nitrogen and oxygen atoms in total. The Hall–Kier alpha value is -1.98. The molecule has 0 radical (unpaired) electrons. The van der Waals surface area contributed by atoms with Gasteiger partial charge in [-0.15, -0.1) is 0 Å². The lowest BCUT2D eigenvalue weighted by Crippen LogP contribution is -2.09. The zero-order valence-corrected chi connectivity index (χ0v) is 9.53. The summed E-state index contributed by atoms with van der Waals surface area (Å²) < 4.78 is 17.9. The number of nitro benzene ring substituents is 1. The summed E-state index contributed by atoms with van der Waals surface area (Å²) in [7, 11) is 0. The van der Waals surface area contributed by atoms with Crippen molar-refractivity contribution in [2.45, 2.75) is 20.3 Å². The minimum absolute atomic E-state index is 0.0964. The van der Waals surface area contributed by atoms with Gasteiger partial charge in [0.2, 0.25) is 5.82 Å². The molecule has 1 aromatic carbocycles. The van der Waals surface area contributed by atoms with E-state index in [-0.39, 0.29) is 18.6 Å². The maximum Gasteiger partial charge on any atom is 0.310 e. The zero-order valence-electron chi connectivity index (χ0n) is 9.53. The van der Waals surface area contributed by atoms with Gasteiger partial charge in [-0.2, -0.15) is 4.39 Å². The van der Waals surface area contributed by atoms with Crippen LogP contribution in [0.25, 0.3) is 0 Å². The lowest BCUT2D eigenvalue weighted by atomic mass is 10.0. The number of nitro groups is 1. The van der Waals surface area contributed by atoms with E-state index in [1.165, 1.54) is 13.0 Å². The minimum atomic E-state index is -0.903. The van der Waals surface area contributed by atoms with Gasteiger partial charge in [-0.05, 0) is 25.5 Å². The third kappa shape index (κ3) is 2.99. The molecule has 0 aromatic heterocycles. The minimum Gasteiger partial charge on any atom is -0.466 e. The van der Waals surface area contributed by atoms with Crippen molar-refractivity contribution < 1.29 is 18.8 Å². The molecular weight excluding hydrogens is 229 g/mol. The molecule has 0 aliphatic carbocycles. The van der Waals surface area contributed by atoms with Crippen molar-refractivity contribution in [3.8, 4) is 0 Å². The Bertz CT molecular complexity index is 459. The number of rotatable bonds is 4. The van der Waals surface area contributed by atoms with E-state index in [9.17, 15) is 19.3 Å². The highest BCUT2D eigenvalue weighted by molar-refractivity contribution is 5.73. The van der Waals surface area contributed by atoms with E-state index < -0.39 is 22.4 Å². The van der Waals surface area contributed by atoms with Crippen LogP contribution in [0.15, 0.2) is 12.1 Å². The van der Waals surface area contributed by atoms with Crippen LogP contribution in [0.5, 0.6) is 0 Å². The van der Waals surface area contributed by atoms with Gasteiger partial charge in [-0.25, -0.2) is 0 Å². The molecule has 0 fully saturated rings. The van der Waals surface area contributed by atoms with Crippen molar-refractivity contribution in [2.75, 3.05) is 6.61 Å². The monoisotopic (exact) mass is 241 g/mol. The fraction of sp³-hybridized carbons (Fsp3) is 0.364. The van der Waals surface area contributed by atoms with E-state index in [4.69, 9.17) is 4.74 Å². The Kier molecular flexibility index (Phi) is 4.14. The summed E-state index contributed by atoms with van der Waals surface area (Å²) in [5, 5.41) is 10.7. The number of benzene rings is 1. The van der Waals surface area contributed by atoms with Crippen molar-refractivity contribution >= 4 is 11.7 Å². The van der Waals surface area contributed by atoms with Crippen molar-refractivity contribution in [3.63, 3.8) is 0 Å². The highest BCUT2D eigenvalue weighted by Gasteiger charge is 2.21.